The highest BCUT2D eigenvalue weighted by Gasteiger charge is 2.26. The molecule has 1 heterocycles. The topological polar surface area (TPSA) is 79.5 Å². The third-order valence-corrected chi connectivity index (χ3v) is 2.76. The second-order valence-electron chi connectivity index (χ2n) is 3.80. The zero-order valence-corrected chi connectivity index (χ0v) is 10.3. The summed E-state index contributed by atoms with van der Waals surface area (Å²) in [7, 11) is 0. The van der Waals surface area contributed by atoms with Gasteiger partial charge in [-0.25, -0.2) is 4.79 Å². The van der Waals surface area contributed by atoms with E-state index in [4.69, 9.17) is 21.1 Å². The summed E-state index contributed by atoms with van der Waals surface area (Å²) < 4.78 is 4.88. The molecule has 0 fully saturated rings. The number of carbonyl (C=O) groups excluding carboxylic acids is 1. The van der Waals surface area contributed by atoms with E-state index in [9.17, 15) is 9.59 Å². The number of hydrogen-bond acceptors (Lipinski definition) is 3. The summed E-state index contributed by atoms with van der Waals surface area (Å²) in [4.78, 5) is 22.7. The van der Waals surface area contributed by atoms with Crippen molar-refractivity contribution in [3.63, 3.8) is 0 Å². The minimum Gasteiger partial charge on any atom is -0.480 e. The van der Waals surface area contributed by atoms with Gasteiger partial charge < -0.3 is 14.8 Å². The van der Waals surface area contributed by atoms with E-state index in [0.717, 1.165) is 0 Å². The molecular formula is C11H14ClNO4. The Balaban J connectivity index is 2.74. The third kappa shape index (κ3) is 3.49. The minimum absolute atomic E-state index is 0.00422. The normalized spacial score (nSPS) is 14.1. The third-order valence-electron chi connectivity index (χ3n) is 2.56. The predicted octanol–water partition coefficient (Wildman–Crippen LogP) is 2.16. The van der Waals surface area contributed by atoms with Crippen molar-refractivity contribution in [3.05, 3.63) is 23.1 Å². The molecule has 2 atom stereocenters. The largest absolute Gasteiger partial charge is 0.480 e. The number of carboxylic acids is 1. The van der Waals surface area contributed by atoms with Gasteiger partial charge in [-0.15, -0.1) is 0 Å². The van der Waals surface area contributed by atoms with Gasteiger partial charge >= 0.3 is 5.97 Å². The number of aliphatic carboxylic acids is 1. The van der Waals surface area contributed by atoms with Crippen LogP contribution in [0.1, 0.15) is 30.8 Å². The number of amides is 1. The van der Waals surface area contributed by atoms with Crippen molar-refractivity contribution in [3.8, 4) is 0 Å². The van der Waals surface area contributed by atoms with Crippen LogP contribution in [-0.2, 0) is 4.79 Å². The SMILES string of the molecule is CC[C@H](C)[C@H](NC(=O)c1cc(Cl)co1)C(=O)O. The van der Waals surface area contributed by atoms with E-state index in [2.05, 4.69) is 5.32 Å². The van der Waals surface area contributed by atoms with E-state index in [-0.39, 0.29) is 11.7 Å². The average Bonchev–Trinajstić information content (AvgIpc) is 2.71. The molecule has 1 rings (SSSR count). The maximum Gasteiger partial charge on any atom is 0.326 e. The molecule has 0 saturated heterocycles. The van der Waals surface area contributed by atoms with Crippen LogP contribution >= 0.6 is 11.6 Å². The Labute approximate surface area is 104 Å². The van der Waals surface area contributed by atoms with Crippen molar-refractivity contribution in [2.24, 2.45) is 5.92 Å². The highest BCUT2D eigenvalue weighted by molar-refractivity contribution is 6.30. The average molecular weight is 260 g/mol. The van der Waals surface area contributed by atoms with Crippen molar-refractivity contribution >= 4 is 23.5 Å². The van der Waals surface area contributed by atoms with Crippen molar-refractivity contribution in [1.82, 2.24) is 5.32 Å². The second-order valence-corrected chi connectivity index (χ2v) is 4.24. The molecule has 94 valence electrons. The van der Waals surface area contributed by atoms with Crippen LogP contribution in [0.15, 0.2) is 16.7 Å². The summed E-state index contributed by atoms with van der Waals surface area (Å²) in [5.74, 6) is -1.80. The van der Waals surface area contributed by atoms with Gasteiger partial charge in [0, 0.05) is 6.07 Å². The Morgan fingerprint density at radius 2 is 2.24 bits per heavy atom. The van der Waals surface area contributed by atoms with Crippen LogP contribution in [0.5, 0.6) is 0 Å². The Bertz CT molecular complexity index is 415. The Morgan fingerprint density at radius 3 is 2.65 bits per heavy atom. The first-order chi connectivity index (χ1) is 7.95. The summed E-state index contributed by atoms with van der Waals surface area (Å²) in [6, 6.07) is 0.406. The summed E-state index contributed by atoms with van der Waals surface area (Å²) in [5.41, 5.74) is 0. The first-order valence-corrected chi connectivity index (χ1v) is 5.61. The van der Waals surface area contributed by atoms with Gasteiger partial charge in [-0.1, -0.05) is 31.9 Å². The van der Waals surface area contributed by atoms with Gasteiger partial charge in [0.25, 0.3) is 5.91 Å². The van der Waals surface area contributed by atoms with Gasteiger partial charge in [0.15, 0.2) is 5.76 Å². The van der Waals surface area contributed by atoms with E-state index in [1.54, 1.807) is 6.92 Å². The Morgan fingerprint density at radius 1 is 1.59 bits per heavy atom. The van der Waals surface area contributed by atoms with Gasteiger partial charge in [0.2, 0.25) is 0 Å². The van der Waals surface area contributed by atoms with Gasteiger partial charge in [-0.2, -0.15) is 0 Å². The number of halogens is 1. The van der Waals surface area contributed by atoms with Crippen LogP contribution < -0.4 is 5.32 Å². The molecule has 0 saturated carbocycles. The fraction of sp³-hybridized carbons (Fsp3) is 0.455. The molecule has 0 aliphatic rings. The van der Waals surface area contributed by atoms with E-state index in [0.29, 0.717) is 11.4 Å². The van der Waals surface area contributed by atoms with Gasteiger partial charge in [-0.3, -0.25) is 4.79 Å². The molecule has 0 radical (unpaired) electrons. The number of rotatable bonds is 5. The number of hydrogen-bond donors (Lipinski definition) is 2. The molecule has 1 aromatic rings. The predicted molar refractivity (Wildman–Crippen MR) is 62.1 cm³/mol. The molecule has 1 amide bonds. The first kappa shape index (κ1) is 13.6. The van der Waals surface area contributed by atoms with Crippen molar-refractivity contribution in [2.75, 3.05) is 0 Å². The van der Waals surface area contributed by atoms with Crippen molar-refractivity contribution in [2.45, 2.75) is 26.3 Å². The molecule has 6 heteroatoms. The molecule has 0 aliphatic heterocycles. The van der Waals surface area contributed by atoms with Crippen LogP contribution in [0.25, 0.3) is 0 Å². The fourth-order valence-electron chi connectivity index (χ4n) is 1.33. The lowest BCUT2D eigenvalue weighted by Crippen LogP contribution is -2.44. The van der Waals surface area contributed by atoms with Crippen molar-refractivity contribution < 1.29 is 19.1 Å². The first-order valence-electron chi connectivity index (χ1n) is 5.23. The quantitative estimate of drug-likeness (QED) is 0.849. The second kappa shape index (κ2) is 5.72. The summed E-state index contributed by atoms with van der Waals surface area (Å²) >= 11 is 5.60. The van der Waals surface area contributed by atoms with Gasteiger partial charge in [-0.05, 0) is 5.92 Å². The van der Waals surface area contributed by atoms with Crippen LogP contribution in [0.2, 0.25) is 5.02 Å². The highest BCUT2D eigenvalue weighted by Crippen LogP contribution is 2.14. The number of nitrogens with one attached hydrogen (secondary N) is 1. The number of carbonyl (C=O) groups is 2. The van der Waals surface area contributed by atoms with E-state index >= 15 is 0 Å². The summed E-state index contributed by atoms with van der Waals surface area (Å²) in [6.45, 7) is 3.62. The van der Waals surface area contributed by atoms with E-state index in [1.165, 1.54) is 12.3 Å². The van der Waals surface area contributed by atoms with Crippen LogP contribution in [0, 0.1) is 5.92 Å². The van der Waals surface area contributed by atoms with Gasteiger partial charge in [0.05, 0.1) is 5.02 Å². The van der Waals surface area contributed by atoms with Gasteiger partial charge in [0.1, 0.15) is 12.3 Å². The maximum absolute atomic E-state index is 11.7. The molecular weight excluding hydrogens is 246 g/mol. The molecule has 1 aromatic heterocycles. The zero-order chi connectivity index (χ0) is 13.0. The molecule has 0 bridgehead atoms. The number of furan rings is 1. The number of carboxylic acid groups (broad SMARTS) is 1. The lowest BCUT2D eigenvalue weighted by molar-refractivity contribution is -0.140. The highest BCUT2D eigenvalue weighted by atomic mass is 35.5. The minimum atomic E-state index is -1.06. The smallest absolute Gasteiger partial charge is 0.326 e. The summed E-state index contributed by atoms with van der Waals surface area (Å²) in [6.07, 6.45) is 1.87. The maximum atomic E-state index is 11.7. The Kier molecular flexibility index (Phi) is 4.57. The van der Waals surface area contributed by atoms with E-state index < -0.39 is 17.9 Å². The molecule has 0 aliphatic carbocycles. The zero-order valence-electron chi connectivity index (χ0n) is 9.57. The molecule has 17 heavy (non-hydrogen) atoms. The molecule has 0 aromatic carbocycles. The van der Waals surface area contributed by atoms with Crippen LogP contribution in [0.3, 0.4) is 0 Å². The van der Waals surface area contributed by atoms with E-state index in [1.807, 2.05) is 6.92 Å². The monoisotopic (exact) mass is 259 g/mol. The molecule has 2 N–H and O–H groups in total. The fourth-order valence-corrected chi connectivity index (χ4v) is 1.47. The standard InChI is InChI=1S/C11H14ClNO4/c1-3-6(2)9(11(15)16)13-10(14)8-4-7(12)5-17-8/h4-6,9H,3H2,1-2H3,(H,13,14)(H,15,16)/t6-,9-/m0/s1. The lowest BCUT2D eigenvalue weighted by Gasteiger charge is -2.19. The molecule has 0 spiro atoms. The van der Waals surface area contributed by atoms with Crippen LogP contribution in [0.4, 0.5) is 0 Å². The van der Waals surface area contributed by atoms with Crippen molar-refractivity contribution in [1.29, 1.82) is 0 Å². The molecule has 5 nitrogen and oxygen atoms in total. The van der Waals surface area contributed by atoms with Crippen LogP contribution in [-0.4, -0.2) is 23.0 Å². The molecule has 0 unspecified atom stereocenters. The lowest BCUT2D eigenvalue weighted by atomic mass is 9.99. The summed E-state index contributed by atoms with van der Waals surface area (Å²) in [5, 5.41) is 11.7. The Hall–Kier alpha value is -1.49.